The minimum Gasteiger partial charge on any atom is -0.456 e. The van der Waals surface area contributed by atoms with E-state index in [1.165, 1.54) is 6.92 Å². The number of hydrogen-bond acceptors (Lipinski definition) is 5. The molecule has 0 radical (unpaired) electrons. The molecule has 0 bridgehead atoms. The van der Waals surface area contributed by atoms with Crippen LogP contribution in [0.4, 0.5) is 0 Å². The maximum atomic E-state index is 12.8. The highest BCUT2D eigenvalue weighted by Gasteiger charge is 2.49. The summed E-state index contributed by atoms with van der Waals surface area (Å²) in [7, 11) is 0. The number of ketones is 1. The number of rotatable bonds is 6. The van der Waals surface area contributed by atoms with Gasteiger partial charge in [0.05, 0.1) is 0 Å². The van der Waals surface area contributed by atoms with Crippen LogP contribution in [0, 0.1) is 0 Å². The van der Waals surface area contributed by atoms with Crippen LogP contribution in [0.15, 0.2) is 35.9 Å². The van der Waals surface area contributed by atoms with Gasteiger partial charge >= 0.3 is 5.97 Å². The molecule has 1 heterocycles. The quantitative estimate of drug-likeness (QED) is 0.554. The van der Waals surface area contributed by atoms with E-state index in [-0.39, 0.29) is 24.0 Å². The molecular weight excluding hydrogens is 414 g/mol. The SMILES string of the molecule is CC(=O)OC1=C(NC(=O)CCCBr)OC(C)(c2ccc(Cl)cc2)C1=O. The lowest BCUT2D eigenvalue weighted by molar-refractivity contribution is -0.142. The van der Waals surface area contributed by atoms with Crippen molar-refractivity contribution in [1.82, 2.24) is 5.32 Å². The summed E-state index contributed by atoms with van der Waals surface area (Å²) in [6.07, 6.45) is 0.849. The molecule has 0 saturated carbocycles. The fraction of sp³-hybridized carbons (Fsp3) is 0.353. The molecule has 2 rings (SSSR count). The fourth-order valence-electron chi connectivity index (χ4n) is 2.31. The number of carbonyl (C=O) groups excluding carboxylic acids is 3. The van der Waals surface area contributed by atoms with Crippen molar-refractivity contribution in [3.8, 4) is 0 Å². The largest absolute Gasteiger partial charge is 0.456 e. The molecular formula is C17H17BrClNO5. The minimum atomic E-state index is -1.42. The van der Waals surface area contributed by atoms with Gasteiger partial charge in [0, 0.05) is 29.3 Å². The van der Waals surface area contributed by atoms with Gasteiger partial charge in [-0.05, 0) is 25.5 Å². The average Bonchev–Trinajstić information content (AvgIpc) is 2.78. The molecule has 1 amide bonds. The fourth-order valence-corrected chi connectivity index (χ4v) is 2.72. The second-order valence-electron chi connectivity index (χ2n) is 5.56. The molecule has 1 atom stereocenters. The third-order valence-corrected chi connectivity index (χ3v) is 4.40. The van der Waals surface area contributed by atoms with E-state index in [2.05, 4.69) is 21.2 Å². The normalized spacial score (nSPS) is 19.6. The second kappa shape index (κ2) is 8.01. The second-order valence-corrected chi connectivity index (χ2v) is 6.79. The predicted octanol–water partition coefficient (Wildman–Crippen LogP) is 3.18. The Labute approximate surface area is 158 Å². The summed E-state index contributed by atoms with van der Waals surface area (Å²) in [4.78, 5) is 36.1. The summed E-state index contributed by atoms with van der Waals surface area (Å²) in [5.41, 5.74) is -0.899. The molecule has 0 aliphatic carbocycles. The molecule has 0 fully saturated rings. The van der Waals surface area contributed by atoms with Crippen molar-refractivity contribution in [3.05, 3.63) is 46.5 Å². The van der Waals surface area contributed by atoms with Gasteiger partial charge in [-0.1, -0.05) is 39.7 Å². The lowest BCUT2D eigenvalue weighted by atomic mass is 9.92. The van der Waals surface area contributed by atoms with Crippen LogP contribution in [0.3, 0.4) is 0 Å². The first-order valence-electron chi connectivity index (χ1n) is 7.56. The van der Waals surface area contributed by atoms with E-state index in [1.54, 1.807) is 31.2 Å². The van der Waals surface area contributed by atoms with Gasteiger partial charge in [0.25, 0.3) is 5.78 Å². The lowest BCUT2D eigenvalue weighted by Gasteiger charge is -2.23. The van der Waals surface area contributed by atoms with Gasteiger partial charge in [-0.15, -0.1) is 0 Å². The highest BCUT2D eigenvalue weighted by Crippen LogP contribution is 2.38. The number of carbonyl (C=O) groups is 3. The summed E-state index contributed by atoms with van der Waals surface area (Å²) in [6, 6.07) is 6.52. The molecule has 8 heteroatoms. The Kier molecular flexibility index (Phi) is 6.24. The third-order valence-electron chi connectivity index (χ3n) is 3.58. The summed E-state index contributed by atoms with van der Waals surface area (Å²) in [5, 5.41) is 3.68. The van der Waals surface area contributed by atoms with Crippen LogP contribution in [0.2, 0.25) is 5.02 Å². The predicted molar refractivity (Wildman–Crippen MR) is 94.9 cm³/mol. The number of esters is 1. The van der Waals surface area contributed by atoms with Gasteiger partial charge in [0.15, 0.2) is 5.60 Å². The van der Waals surface area contributed by atoms with E-state index in [1.807, 2.05) is 0 Å². The van der Waals surface area contributed by atoms with Crippen molar-refractivity contribution in [2.24, 2.45) is 0 Å². The Morgan fingerprint density at radius 3 is 2.52 bits per heavy atom. The van der Waals surface area contributed by atoms with E-state index < -0.39 is 17.4 Å². The van der Waals surface area contributed by atoms with Crippen molar-refractivity contribution >= 4 is 45.2 Å². The molecule has 1 aromatic carbocycles. The van der Waals surface area contributed by atoms with Crippen LogP contribution in [-0.4, -0.2) is 23.0 Å². The summed E-state index contributed by atoms with van der Waals surface area (Å²) in [5.74, 6) is -2.04. The van der Waals surface area contributed by atoms with Gasteiger partial charge in [0.2, 0.25) is 17.5 Å². The Bertz CT molecular complexity index is 731. The van der Waals surface area contributed by atoms with Gasteiger partial charge in [0.1, 0.15) is 0 Å². The first-order valence-corrected chi connectivity index (χ1v) is 9.06. The Morgan fingerprint density at radius 2 is 1.96 bits per heavy atom. The smallest absolute Gasteiger partial charge is 0.308 e. The van der Waals surface area contributed by atoms with E-state index in [4.69, 9.17) is 21.1 Å². The van der Waals surface area contributed by atoms with E-state index >= 15 is 0 Å². The summed E-state index contributed by atoms with van der Waals surface area (Å²) >= 11 is 9.12. The average molecular weight is 431 g/mol. The Balaban J connectivity index is 2.32. The third kappa shape index (κ3) is 4.41. The number of hydrogen-bond donors (Lipinski definition) is 1. The molecule has 1 aromatic rings. The maximum absolute atomic E-state index is 12.8. The van der Waals surface area contributed by atoms with Crippen molar-refractivity contribution in [3.63, 3.8) is 0 Å². The molecule has 1 unspecified atom stereocenters. The number of halogens is 2. The van der Waals surface area contributed by atoms with Crippen molar-refractivity contribution < 1.29 is 23.9 Å². The van der Waals surface area contributed by atoms with E-state index in [9.17, 15) is 14.4 Å². The number of nitrogens with one attached hydrogen (secondary N) is 1. The van der Waals surface area contributed by atoms with Crippen LogP contribution in [0.5, 0.6) is 0 Å². The van der Waals surface area contributed by atoms with Crippen LogP contribution >= 0.6 is 27.5 Å². The molecule has 1 aliphatic heterocycles. The lowest BCUT2D eigenvalue weighted by Crippen LogP contribution is -2.32. The van der Waals surface area contributed by atoms with Crippen LogP contribution in [-0.2, 0) is 29.5 Å². The van der Waals surface area contributed by atoms with Crippen LogP contribution in [0.25, 0.3) is 0 Å². The topological polar surface area (TPSA) is 81.7 Å². The maximum Gasteiger partial charge on any atom is 0.308 e. The van der Waals surface area contributed by atoms with Crippen molar-refractivity contribution in [2.45, 2.75) is 32.3 Å². The highest BCUT2D eigenvalue weighted by atomic mass is 79.9. The Morgan fingerprint density at radius 1 is 1.32 bits per heavy atom. The zero-order valence-corrected chi connectivity index (χ0v) is 16.1. The zero-order chi connectivity index (χ0) is 18.6. The standard InChI is InChI=1S/C17H17BrClNO5/c1-10(21)24-14-15(23)17(2,11-5-7-12(19)8-6-11)25-16(14)20-13(22)4-3-9-18/h5-8H,3-4,9H2,1-2H3,(H,20,22). The minimum absolute atomic E-state index is 0.155. The highest BCUT2D eigenvalue weighted by molar-refractivity contribution is 9.09. The van der Waals surface area contributed by atoms with Gasteiger partial charge in [-0.2, -0.15) is 0 Å². The van der Waals surface area contributed by atoms with Crippen molar-refractivity contribution in [2.75, 3.05) is 5.33 Å². The Hall–Kier alpha value is -1.86. The van der Waals surface area contributed by atoms with Gasteiger partial charge in [-0.25, -0.2) is 0 Å². The van der Waals surface area contributed by atoms with Gasteiger partial charge < -0.3 is 9.47 Å². The number of ether oxygens (including phenoxy) is 2. The molecule has 0 spiro atoms. The zero-order valence-electron chi connectivity index (χ0n) is 13.7. The van der Waals surface area contributed by atoms with Crippen LogP contribution in [0.1, 0.15) is 32.3 Å². The van der Waals surface area contributed by atoms with Crippen LogP contribution < -0.4 is 5.32 Å². The molecule has 6 nitrogen and oxygen atoms in total. The molecule has 1 N–H and O–H groups in total. The first-order chi connectivity index (χ1) is 11.8. The molecule has 0 saturated heterocycles. The van der Waals surface area contributed by atoms with E-state index in [0.717, 1.165) is 0 Å². The first kappa shape index (κ1) is 19.5. The number of amides is 1. The van der Waals surface area contributed by atoms with Gasteiger partial charge in [-0.3, -0.25) is 19.7 Å². The number of alkyl halides is 1. The molecule has 1 aliphatic rings. The molecule has 0 aromatic heterocycles. The monoisotopic (exact) mass is 429 g/mol. The number of benzene rings is 1. The molecule has 134 valence electrons. The molecule has 25 heavy (non-hydrogen) atoms. The summed E-state index contributed by atoms with van der Waals surface area (Å²) < 4.78 is 10.7. The van der Waals surface area contributed by atoms with Crippen molar-refractivity contribution in [1.29, 1.82) is 0 Å². The number of Topliss-reactive ketones (excluding diaryl/α,β-unsaturated/α-hetero) is 1. The van der Waals surface area contributed by atoms with E-state index in [0.29, 0.717) is 22.3 Å². The summed E-state index contributed by atoms with van der Waals surface area (Å²) in [6.45, 7) is 2.71.